The second kappa shape index (κ2) is 6.26. The third kappa shape index (κ3) is 4.33. The Balaban J connectivity index is 0.00000196. The molecule has 2 N–H and O–H groups in total. The fourth-order valence-electron chi connectivity index (χ4n) is 1.24. The number of rotatable bonds is 3. The zero-order valence-corrected chi connectivity index (χ0v) is 10.9. The molecule has 0 unspecified atom stereocenters. The van der Waals surface area contributed by atoms with Crippen LogP contribution >= 0.6 is 28.3 Å². The topological polar surface area (TPSA) is 26.0 Å². The number of halogens is 3. The van der Waals surface area contributed by atoms with Crippen molar-refractivity contribution in [3.05, 3.63) is 46.2 Å². The highest BCUT2D eigenvalue weighted by Crippen LogP contribution is 2.23. The highest BCUT2D eigenvalue weighted by Gasteiger charge is 2.08. The third-order valence-corrected chi connectivity index (χ3v) is 2.55. The van der Waals surface area contributed by atoms with Crippen molar-refractivity contribution in [2.75, 3.05) is 0 Å². The van der Waals surface area contributed by atoms with Gasteiger partial charge in [-0.15, -0.1) is 19.0 Å². The van der Waals surface area contributed by atoms with Crippen LogP contribution in [0.2, 0.25) is 0 Å². The van der Waals surface area contributed by atoms with E-state index in [-0.39, 0.29) is 24.3 Å². The number of benzene rings is 1. The van der Waals surface area contributed by atoms with Crippen LogP contribution in [0.3, 0.4) is 0 Å². The van der Waals surface area contributed by atoms with Crippen molar-refractivity contribution in [3.8, 4) is 0 Å². The van der Waals surface area contributed by atoms with Crippen molar-refractivity contribution in [3.63, 3.8) is 0 Å². The molecular weight excluding hydrogens is 280 g/mol. The molecule has 1 nitrogen and oxygen atoms in total. The largest absolute Gasteiger partial charge is 0.324 e. The summed E-state index contributed by atoms with van der Waals surface area (Å²) in [5.74, 6) is -0.267. The zero-order chi connectivity index (χ0) is 10.7. The maximum Gasteiger partial charge on any atom is 0.137 e. The Kier molecular flexibility index (Phi) is 6.10. The molecule has 0 aromatic heterocycles. The summed E-state index contributed by atoms with van der Waals surface area (Å²) in [6, 6.07) is 4.72. The molecule has 84 valence electrons. The van der Waals surface area contributed by atoms with Gasteiger partial charge in [-0.3, -0.25) is 0 Å². The molecule has 0 saturated heterocycles. The first-order valence-corrected chi connectivity index (χ1v) is 5.15. The van der Waals surface area contributed by atoms with Crippen molar-refractivity contribution < 1.29 is 4.39 Å². The fraction of sp³-hybridized carbons (Fsp3) is 0.273. The fourth-order valence-corrected chi connectivity index (χ4v) is 1.63. The third-order valence-electron chi connectivity index (χ3n) is 1.94. The van der Waals surface area contributed by atoms with Crippen LogP contribution in [0.15, 0.2) is 34.8 Å². The highest BCUT2D eigenvalue weighted by atomic mass is 79.9. The predicted molar refractivity (Wildman–Crippen MR) is 67.7 cm³/mol. The second-order valence-electron chi connectivity index (χ2n) is 3.44. The number of hydrogen-bond donors (Lipinski definition) is 1. The van der Waals surface area contributed by atoms with E-state index < -0.39 is 0 Å². The van der Waals surface area contributed by atoms with Gasteiger partial charge in [0.2, 0.25) is 0 Å². The lowest BCUT2D eigenvalue weighted by molar-refractivity contribution is 0.617. The summed E-state index contributed by atoms with van der Waals surface area (Å²) < 4.78 is 13.4. The van der Waals surface area contributed by atoms with E-state index in [1.165, 1.54) is 6.07 Å². The van der Waals surface area contributed by atoms with Gasteiger partial charge in [-0.25, -0.2) is 4.39 Å². The lowest BCUT2D eigenvalue weighted by atomic mass is 10.0. The summed E-state index contributed by atoms with van der Waals surface area (Å²) in [5, 5.41) is 0. The first kappa shape index (κ1) is 14.6. The van der Waals surface area contributed by atoms with Gasteiger partial charge in [0.1, 0.15) is 5.82 Å². The molecule has 0 bridgehead atoms. The molecule has 0 aliphatic rings. The van der Waals surface area contributed by atoms with E-state index in [2.05, 4.69) is 22.5 Å². The molecule has 0 aliphatic carbocycles. The lowest BCUT2D eigenvalue weighted by Gasteiger charge is -2.12. The SMILES string of the molecule is C=C(C)C[C@H](N)c1ccc(F)c(Br)c1.Cl. The van der Waals surface area contributed by atoms with Crippen molar-refractivity contribution in [1.29, 1.82) is 0 Å². The van der Waals surface area contributed by atoms with E-state index in [0.29, 0.717) is 4.47 Å². The van der Waals surface area contributed by atoms with Gasteiger partial charge < -0.3 is 5.73 Å². The maximum absolute atomic E-state index is 12.9. The Labute approximate surface area is 104 Å². The molecule has 1 aromatic rings. The predicted octanol–water partition coefficient (Wildman–Crippen LogP) is 3.98. The van der Waals surface area contributed by atoms with Gasteiger partial charge >= 0.3 is 0 Å². The molecule has 0 radical (unpaired) electrons. The summed E-state index contributed by atoms with van der Waals surface area (Å²) in [6.45, 7) is 5.72. The Morgan fingerprint density at radius 2 is 2.20 bits per heavy atom. The van der Waals surface area contributed by atoms with Gasteiger partial charge in [-0.2, -0.15) is 0 Å². The van der Waals surface area contributed by atoms with Gasteiger partial charge in [-0.1, -0.05) is 11.6 Å². The van der Waals surface area contributed by atoms with Crippen LogP contribution in [0, 0.1) is 5.82 Å². The van der Waals surface area contributed by atoms with Gasteiger partial charge in [-0.05, 0) is 47.0 Å². The molecule has 1 rings (SSSR count). The minimum absolute atomic E-state index is 0. The Bertz CT molecular complexity index is 354. The maximum atomic E-state index is 12.9. The van der Waals surface area contributed by atoms with Crippen LogP contribution in [0.25, 0.3) is 0 Å². The van der Waals surface area contributed by atoms with Crippen LogP contribution in [0.5, 0.6) is 0 Å². The van der Waals surface area contributed by atoms with E-state index in [0.717, 1.165) is 17.6 Å². The van der Waals surface area contributed by atoms with Crippen molar-refractivity contribution in [1.82, 2.24) is 0 Å². The van der Waals surface area contributed by atoms with Crippen LogP contribution in [0.4, 0.5) is 4.39 Å². The van der Waals surface area contributed by atoms with E-state index in [9.17, 15) is 4.39 Å². The molecule has 0 heterocycles. The average molecular weight is 295 g/mol. The van der Waals surface area contributed by atoms with Crippen LogP contribution in [-0.2, 0) is 0 Å². The summed E-state index contributed by atoms with van der Waals surface area (Å²) in [7, 11) is 0. The first-order chi connectivity index (χ1) is 6.50. The normalized spacial score (nSPS) is 11.7. The molecule has 0 aliphatic heterocycles. The van der Waals surface area contributed by atoms with Gasteiger partial charge in [0.25, 0.3) is 0 Å². The minimum Gasteiger partial charge on any atom is -0.324 e. The Hall–Kier alpha value is -0.380. The number of nitrogens with two attached hydrogens (primary N) is 1. The lowest BCUT2D eigenvalue weighted by Crippen LogP contribution is -2.10. The summed E-state index contributed by atoms with van der Waals surface area (Å²) >= 11 is 3.13. The highest BCUT2D eigenvalue weighted by molar-refractivity contribution is 9.10. The average Bonchev–Trinajstić information content (AvgIpc) is 2.08. The van der Waals surface area contributed by atoms with Crippen LogP contribution in [-0.4, -0.2) is 0 Å². The molecule has 0 fully saturated rings. The van der Waals surface area contributed by atoms with Gasteiger partial charge in [0.05, 0.1) is 4.47 Å². The van der Waals surface area contributed by atoms with Crippen molar-refractivity contribution >= 4 is 28.3 Å². The quantitative estimate of drug-likeness (QED) is 0.839. The second-order valence-corrected chi connectivity index (χ2v) is 4.30. The molecule has 0 saturated carbocycles. The summed E-state index contributed by atoms with van der Waals surface area (Å²) in [5.41, 5.74) is 7.85. The Morgan fingerprint density at radius 3 is 2.67 bits per heavy atom. The zero-order valence-electron chi connectivity index (χ0n) is 8.47. The van der Waals surface area contributed by atoms with E-state index in [1.807, 2.05) is 6.92 Å². The van der Waals surface area contributed by atoms with E-state index in [1.54, 1.807) is 12.1 Å². The van der Waals surface area contributed by atoms with Crippen molar-refractivity contribution in [2.24, 2.45) is 5.73 Å². The number of hydrogen-bond acceptors (Lipinski definition) is 1. The van der Waals surface area contributed by atoms with E-state index >= 15 is 0 Å². The minimum atomic E-state index is -0.267. The molecule has 0 spiro atoms. The molecule has 1 aromatic carbocycles. The summed E-state index contributed by atoms with van der Waals surface area (Å²) in [6.07, 6.45) is 0.720. The van der Waals surface area contributed by atoms with E-state index in [4.69, 9.17) is 5.73 Å². The standard InChI is InChI=1S/C11H13BrFN.ClH/c1-7(2)5-11(14)8-3-4-10(13)9(12)6-8;/h3-4,6,11H,1,5,14H2,2H3;1H/t11-;/m0./s1. The molecular formula is C11H14BrClFN. The van der Waals surface area contributed by atoms with Crippen LogP contribution in [0.1, 0.15) is 24.9 Å². The van der Waals surface area contributed by atoms with Gasteiger partial charge in [0.15, 0.2) is 0 Å². The van der Waals surface area contributed by atoms with Crippen molar-refractivity contribution in [2.45, 2.75) is 19.4 Å². The first-order valence-electron chi connectivity index (χ1n) is 4.35. The smallest absolute Gasteiger partial charge is 0.137 e. The van der Waals surface area contributed by atoms with Crippen LogP contribution < -0.4 is 5.73 Å². The van der Waals surface area contributed by atoms with Gasteiger partial charge in [0, 0.05) is 6.04 Å². The monoisotopic (exact) mass is 293 g/mol. The molecule has 15 heavy (non-hydrogen) atoms. The Morgan fingerprint density at radius 1 is 1.60 bits per heavy atom. The molecule has 4 heteroatoms. The summed E-state index contributed by atoms with van der Waals surface area (Å²) in [4.78, 5) is 0. The molecule has 1 atom stereocenters. The molecule has 0 amide bonds.